The largest absolute Gasteiger partial charge is 0.507 e. The van der Waals surface area contributed by atoms with E-state index in [1.165, 1.54) is 22.3 Å². The lowest BCUT2D eigenvalue weighted by Crippen LogP contribution is -2.23. The van der Waals surface area contributed by atoms with Crippen LogP contribution in [0.25, 0.3) is 0 Å². The van der Waals surface area contributed by atoms with Crippen molar-refractivity contribution in [2.45, 2.75) is 79.1 Å². The van der Waals surface area contributed by atoms with E-state index in [0.717, 1.165) is 24.0 Å². The van der Waals surface area contributed by atoms with E-state index in [1.54, 1.807) is 0 Å². The topological polar surface area (TPSA) is 20.2 Å². The summed E-state index contributed by atoms with van der Waals surface area (Å²) in [6.07, 6.45) is 1.91. The average Bonchev–Trinajstić information content (AvgIpc) is 2.51. The summed E-state index contributed by atoms with van der Waals surface area (Å²) in [5, 5.41) is 11.2. The van der Waals surface area contributed by atoms with Crippen LogP contribution in [0.2, 0.25) is 0 Å². The van der Waals surface area contributed by atoms with E-state index in [0.29, 0.717) is 5.75 Å². The maximum atomic E-state index is 11.2. The highest BCUT2D eigenvalue weighted by Crippen LogP contribution is 2.46. The first-order valence-electron chi connectivity index (χ1n) is 9.40. The van der Waals surface area contributed by atoms with Gasteiger partial charge in [-0.25, -0.2) is 0 Å². The second kappa shape index (κ2) is 6.86. The molecule has 1 heteroatoms. The van der Waals surface area contributed by atoms with Gasteiger partial charge in [0, 0.05) is 11.1 Å². The van der Waals surface area contributed by atoms with Crippen molar-refractivity contribution < 1.29 is 5.11 Å². The van der Waals surface area contributed by atoms with Crippen molar-refractivity contribution in [1.82, 2.24) is 0 Å². The molecule has 136 valence electrons. The summed E-state index contributed by atoms with van der Waals surface area (Å²) >= 11 is 0. The molecular formula is C24H34O. The van der Waals surface area contributed by atoms with Gasteiger partial charge in [0.1, 0.15) is 5.75 Å². The molecule has 0 saturated heterocycles. The quantitative estimate of drug-likeness (QED) is 0.667. The van der Waals surface area contributed by atoms with E-state index in [1.807, 2.05) is 0 Å². The summed E-state index contributed by atoms with van der Waals surface area (Å²) in [5.74, 6) is 0.506. The van der Waals surface area contributed by atoms with Crippen LogP contribution in [-0.2, 0) is 17.3 Å². The molecule has 0 aliphatic heterocycles. The second-order valence-corrected chi connectivity index (χ2v) is 8.98. The lowest BCUT2D eigenvalue weighted by molar-refractivity contribution is 0.407. The minimum Gasteiger partial charge on any atom is -0.507 e. The minimum atomic E-state index is -0.0914. The standard InChI is InChI=1S/C24H34O/c1-9-24(7,8)21-17(3)19(15-18-13-11-10-12-14-18)16(2)20(22(21)25)23(4,5)6/h10-14,25H,9,15H2,1-8H3. The summed E-state index contributed by atoms with van der Waals surface area (Å²) in [6.45, 7) is 17.6. The number of benzene rings is 2. The highest BCUT2D eigenvalue weighted by Gasteiger charge is 2.32. The van der Waals surface area contributed by atoms with Gasteiger partial charge in [-0.2, -0.15) is 0 Å². The molecule has 2 aromatic rings. The van der Waals surface area contributed by atoms with Crippen LogP contribution in [0.4, 0.5) is 0 Å². The van der Waals surface area contributed by atoms with Crippen LogP contribution in [0.1, 0.15) is 81.3 Å². The minimum absolute atomic E-state index is 0.0483. The monoisotopic (exact) mass is 338 g/mol. The van der Waals surface area contributed by atoms with Gasteiger partial charge in [0.15, 0.2) is 0 Å². The lowest BCUT2D eigenvalue weighted by atomic mass is 9.71. The third kappa shape index (κ3) is 3.76. The predicted molar refractivity (Wildman–Crippen MR) is 109 cm³/mol. The Hall–Kier alpha value is -1.76. The van der Waals surface area contributed by atoms with Crippen LogP contribution in [0.5, 0.6) is 5.75 Å². The van der Waals surface area contributed by atoms with Gasteiger partial charge in [0.2, 0.25) is 0 Å². The van der Waals surface area contributed by atoms with Crippen molar-refractivity contribution >= 4 is 0 Å². The number of hydrogen-bond acceptors (Lipinski definition) is 1. The summed E-state index contributed by atoms with van der Waals surface area (Å²) in [7, 11) is 0. The van der Waals surface area contributed by atoms with Crippen LogP contribution < -0.4 is 0 Å². The molecule has 0 unspecified atom stereocenters. The number of aromatic hydroxyl groups is 1. The van der Waals surface area contributed by atoms with Crippen LogP contribution in [0.15, 0.2) is 30.3 Å². The Balaban J connectivity index is 2.81. The molecule has 0 aromatic heterocycles. The third-order valence-electron chi connectivity index (χ3n) is 5.66. The van der Waals surface area contributed by atoms with Crippen molar-refractivity contribution in [2.75, 3.05) is 0 Å². The Morgan fingerprint density at radius 1 is 0.840 bits per heavy atom. The first-order chi connectivity index (χ1) is 11.5. The fraction of sp³-hybridized carbons (Fsp3) is 0.500. The summed E-state index contributed by atoms with van der Waals surface area (Å²) in [6, 6.07) is 10.6. The van der Waals surface area contributed by atoms with Crippen molar-refractivity contribution in [3.63, 3.8) is 0 Å². The van der Waals surface area contributed by atoms with E-state index in [4.69, 9.17) is 0 Å². The molecule has 0 aliphatic carbocycles. The summed E-state index contributed by atoms with van der Waals surface area (Å²) < 4.78 is 0. The maximum absolute atomic E-state index is 11.2. The fourth-order valence-corrected chi connectivity index (χ4v) is 4.05. The van der Waals surface area contributed by atoms with Gasteiger partial charge in [-0.1, -0.05) is 71.9 Å². The first kappa shape index (κ1) is 19.6. The van der Waals surface area contributed by atoms with E-state index in [9.17, 15) is 5.11 Å². The Morgan fingerprint density at radius 2 is 1.36 bits per heavy atom. The Kier molecular flexibility index (Phi) is 5.37. The zero-order valence-electron chi connectivity index (χ0n) is 17.2. The molecule has 2 aromatic carbocycles. The molecule has 0 bridgehead atoms. The lowest BCUT2D eigenvalue weighted by Gasteiger charge is -2.34. The van der Waals surface area contributed by atoms with Crippen molar-refractivity contribution in [2.24, 2.45) is 0 Å². The molecule has 0 atom stereocenters. The molecule has 0 fully saturated rings. The van der Waals surface area contributed by atoms with Crippen LogP contribution in [0.3, 0.4) is 0 Å². The van der Waals surface area contributed by atoms with Gasteiger partial charge in [-0.15, -0.1) is 0 Å². The molecule has 0 heterocycles. The van der Waals surface area contributed by atoms with Crippen molar-refractivity contribution in [3.05, 3.63) is 63.7 Å². The maximum Gasteiger partial charge on any atom is 0.123 e. The normalized spacial score (nSPS) is 12.5. The zero-order chi connectivity index (χ0) is 19.0. The first-order valence-corrected chi connectivity index (χ1v) is 9.40. The molecule has 0 amide bonds. The molecule has 0 saturated carbocycles. The highest BCUT2D eigenvalue weighted by molar-refractivity contribution is 5.60. The summed E-state index contributed by atoms with van der Waals surface area (Å²) in [4.78, 5) is 0. The molecule has 2 rings (SSSR count). The molecule has 1 nitrogen and oxygen atoms in total. The van der Waals surface area contributed by atoms with E-state index >= 15 is 0 Å². The van der Waals surface area contributed by atoms with E-state index in [-0.39, 0.29) is 10.8 Å². The molecule has 0 radical (unpaired) electrons. The SMILES string of the molecule is CCC(C)(C)c1c(C)c(Cc2ccccc2)c(C)c(C(C)(C)C)c1O. The van der Waals surface area contributed by atoms with Crippen LogP contribution >= 0.6 is 0 Å². The molecule has 0 spiro atoms. The van der Waals surface area contributed by atoms with Gasteiger partial charge >= 0.3 is 0 Å². The molecule has 1 N–H and O–H groups in total. The summed E-state index contributed by atoms with van der Waals surface area (Å²) in [5.41, 5.74) is 7.25. The van der Waals surface area contributed by atoms with Gasteiger partial charge in [0.25, 0.3) is 0 Å². The number of phenols is 1. The highest BCUT2D eigenvalue weighted by atomic mass is 16.3. The average molecular weight is 339 g/mol. The molecule has 0 aliphatic rings. The fourth-order valence-electron chi connectivity index (χ4n) is 4.05. The van der Waals surface area contributed by atoms with Crippen molar-refractivity contribution in [1.29, 1.82) is 0 Å². The number of rotatable bonds is 4. The molecule has 25 heavy (non-hydrogen) atoms. The number of phenolic OH excluding ortho intramolecular Hbond substituents is 1. The Labute approximate surface area is 154 Å². The third-order valence-corrected chi connectivity index (χ3v) is 5.66. The second-order valence-electron chi connectivity index (χ2n) is 8.98. The van der Waals surface area contributed by atoms with E-state index in [2.05, 4.69) is 85.7 Å². The van der Waals surface area contributed by atoms with Crippen LogP contribution in [0, 0.1) is 13.8 Å². The Morgan fingerprint density at radius 3 is 1.84 bits per heavy atom. The van der Waals surface area contributed by atoms with Gasteiger partial charge in [-0.3, -0.25) is 0 Å². The number of hydrogen-bond donors (Lipinski definition) is 1. The van der Waals surface area contributed by atoms with Gasteiger partial charge < -0.3 is 5.11 Å². The smallest absolute Gasteiger partial charge is 0.123 e. The zero-order valence-corrected chi connectivity index (χ0v) is 17.2. The molecular weight excluding hydrogens is 304 g/mol. The Bertz CT molecular complexity index is 746. The van der Waals surface area contributed by atoms with E-state index < -0.39 is 0 Å². The van der Waals surface area contributed by atoms with Gasteiger partial charge in [-0.05, 0) is 59.8 Å². The van der Waals surface area contributed by atoms with Crippen LogP contribution in [-0.4, -0.2) is 5.11 Å². The predicted octanol–water partition coefficient (Wildman–Crippen LogP) is 6.58. The van der Waals surface area contributed by atoms with Crippen molar-refractivity contribution in [3.8, 4) is 5.75 Å². The van der Waals surface area contributed by atoms with Gasteiger partial charge in [0.05, 0.1) is 0 Å².